The summed E-state index contributed by atoms with van der Waals surface area (Å²) in [5.74, 6) is -0.593. The maximum atomic E-state index is 12.1. The van der Waals surface area contributed by atoms with Gasteiger partial charge in [-0.25, -0.2) is 0 Å². The second-order valence-electron chi connectivity index (χ2n) is 4.29. The van der Waals surface area contributed by atoms with Crippen molar-refractivity contribution in [1.82, 2.24) is 10.3 Å². The highest BCUT2D eigenvalue weighted by Gasteiger charge is 2.13. The van der Waals surface area contributed by atoms with Gasteiger partial charge in [-0.15, -0.1) is 0 Å². The van der Waals surface area contributed by atoms with Gasteiger partial charge in [0.15, 0.2) is 0 Å². The number of benzene rings is 1. The number of carbonyl (C=O) groups is 2. The Bertz CT molecular complexity index is 629. The van der Waals surface area contributed by atoms with E-state index in [1.807, 2.05) is 0 Å². The number of amides is 2. The molecular formula is C15H16N4O2. The van der Waals surface area contributed by atoms with Crippen molar-refractivity contribution in [2.45, 2.75) is 0 Å². The van der Waals surface area contributed by atoms with E-state index in [4.69, 9.17) is 5.73 Å². The Morgan fingerprint density at radius 1 is 1.10 bits per heavy atom. The van der Waals surface area contributed by atoms with Crippen molar-refractivity contribution in [3.63, 3.8) is 0 Å². The van der Waals surface area contributed by atoms with E-state index in [-0.39, 0.29) is 11.8 Å². The lowest BCUT2D eigenvalue weighted by atomic mass is 10.1. The molecule has 0 atom stereocenters. The van der Waals surface area contributed by atoms with Gasteiger partial charge in [-0.1, -0.05) is 12.1 Å². The van der Waals surface area contributed by atoms with Gasteiger partial charge in [-0.3, -0.25) is 14.6 Å². The number of para-hydroxylation sites is 1. The van der Waals surface area contributed by atoms with Crippen molar-refractivity contribution in [3.05, 3.63) is 59.9 Å². The van der Waals surface area contributed by atoms with Crippen molar-refractivity contribution in [2.24, 2.45) is 5.73 Å². The van der Waals surface area contributed by atoms with Crippen LogP contribution in [0.15, 0.2) is 48.8 Å². The Balaban J connectivity index is 2.17. The van der Waals surface area contributed by atoms with Gasteiger partial charge in [0.1, 0.15) is 0 Å². The topological polar surface area (TPSA) is 97.1 Å². The summed E-state index contributed by atoms with van der Waals surface area (Å²) in [5, 5.41) is 5.39. The van der Waals surface area contributed by atoms with Crippen LogP contribution in [0.2, 0.25) is 0 Å². The largest absolute Gasteiger partial charge is 0.351 e. The zero-order valence-electron chi connectivity index (χ0n) is 11.4. The molecule has 0 bridgehead atoms. The minimum atomic E-state index is -0.317. The molecule has 4 N–H and O–H groups in total. The number of nitrogens with two attached hydrogens (primary N) is 1. The summed E-state index contributed by atoms with van der Waals surface area (Å²) in [6.07, 6.45) is 3.05. The molecule has 2 amide bonds. The Kier molecular flexibility index (Phi) is 5.00. The first-order valence-electron chi connectivity index (χ1n) is 6.51. The van der Waals surface area contributed by atoms with Crippen LogP contribution >= 0.6 is 0 Å². The standard InChI is InChI=1S/C15H16N4O2/c16-7-9-18-15(21)12-5-1-2-6-13(12)19-14(20)11-4-3-8-17-10-11/h1-6,8,10H,7,9,16H2,(H,18,21)(H,19,20). The van der Waals surface area contributed by atoms with Crippen LogP contribution in [0.4, 0.5) is 5.69 Å². The minimum Gasteiger partial charge on any atom is -0.351 e. The fraction of sp³-hybridized carbons (Fsp3) is 0.133. The second-order valence-corrected chi connectivity index (χ2v) is 4.29. The quantitative estimate of drug-likeness (QED) is 0.763. The molecule has 1 aromatic heterocycles. The summed E-state index contributed by atoms with van der Waals surface area (Å²) in [5.41, 5.74) is 6.62. The van der Waals surface area contributed by atoms with Crippen LogP contribution in [0.1, 0.15) is 20.7 Å². The molecule has 2 aromatic rings. The molecule has 0 fully saturated rings. The summed E-state index contributed by atoms with van der Waals surface area (Å²) in [4.78, 5) is 28.0. The van der Waals surface area contributed by atoms with Crippen molar-refractivity contribution in [2.75, 3.05) is 18.4 Å². The molecule has 0 spiro atoms. The molecule has 0 aliphatic rings. The van der Waals surface area contributed by atoms with Gasteiger partial charge < -0.3 is 16.4 Å². The third-order valence-electron chi connectivity index (χ3n) is 2.77. The fourth-order valence-corrected chi connectivity index (χ4v) is 1.76. The SMILES string of the molecule is NCCNC(=O)c1ccccc1NC(=O)c1cccnc1. The van der Waals surface area contributed by atoms with Crippen molar-refractivity contribution in [1.29, 1.82) is 0 Å². The van der Waals surface area contributed by atoms with Crippen LogP contribution < -0.4 is 16.4 Å². The molecule has 1 heterocycles. The van der Waals surface area contributed by atoms with Gasteiger partial charge >= 0.3 is 0 Å². The Hall–Kier alpha value is -2.73. The molecule has 0 aliphatic heterocycles. The normalized spacial score (nSPS) is 9.95. The van der Waals surface area contributed by atoms with E-state index in [1.54, 1.807) is 42.6 Å². The minimum absolute atomic E-state index is 0.275. The number of nitrogens with one attached hydrogen (secondary N) is 2. The van der Waals surface area contributed by atoms with E-state index >= 15 is 0 Å². The van der Waals surface area contributed by atoms with Crippen LogP contribution in [0.25, 0.3) is 0 Å². The van der Waals surface area contributed by atoms with E-state index in [0.29, 0.717) is 29.9 Å². The maximum absolute atomic E-state index is 12.1. The molecule has 6 nitrogen and oxygen atoms in total. The lowest BCUT2D eigenvalue weighted by molar-refractivity contribution is 0.0955. The molecule has 0 unspecified atom stereocenters. The number of aromatic nitrogens is 1. The van der Waals surface area contributed by atoms with Crippen LogP contribution in [-0.4, -0.2) is 29.9 Å². The molecule has 0 saturated heterocycles. The summed E-state index contributed by atoms with van der Waals surface area (Å²) in [7, 11) is 0. The van der Waals surface area contributed by atoms with E-state index in [9.17, 15) is 9.59 Å². The number of pyridine rings is 1. The lowest BCUT2D eigenvalue weighted by Crippen LogP contribution is -2.30. The fourth-order valence-electron chi connectivity index (χ4n) is 1.76. The monoisotopic (exact) mass is 284 g/mol. The van der Waals surface area contributed by atoms with Crippen LogP contribution in [0, 0.1) is 0 Å². The van der Waals surface area contributed by atoms with Gasteiger partial charge in [0, 0.05) is 25.5 Å². The average molecular weight is 284 g/mol. The third-order valence-corrected chi connectivity index (χ3v) is 2.77. The number of nitrogens with zero attached hydrogens (tertiary/aromatic N) is 1. The first-order chi connectivity index (χ1) is 10.2. The highest BCUT2D eigenvalue weighted by Crippen LogP contribution is 2.16. The number of hydrogen-bond acceptors (Lipinski definition) is 4. The van der Waals surface area contributed by atoms with Crippen molar-refractivity contribution >= 4 is 17.5 Å². The van der Waals surface area contributed by atoms with Gasteiger partial charge in [-0.2, -0.15) is 0 Å². The number of anilines is 1. The highest BCUT2D eigenvalue weighted by atomic mass is 16.2. The molecule has 6 heteroatoms. The van der Waals surface area contributed by atoms with Gasteiger partial charge in [0.25, 0.3) is 11.8 Å². The molecule has 1 aromatic carbocycles. The first-order valence-corrected chi connectivity index (χ1v) is 6.51. The number of carbonyl (C=O) groups excluding carboxylic acids is 2. The maximum Gasteiger partial charge on any atom is 0.257 e. The summed E-state index contributed by atoms with van der Waals surface area (Å²) < 4.78 is 0. The Morgan fingerprint density at radius 2 is 1.90 bits per heavy atom. The van der Waals surface area contributed by atoms with E-state index in [2.05, 4.69) is 15.6 Å². The van der Waals surface area contributed by atoms with Crippen molar-refractivity contribution in [3.8, 4) is 0 Å². The van der Waals surface area contributed by atoms with E-state index in [0.717, 1.165) is 0 Å². The van der Waals surface area contributed by atoms with Gasteiger partial charge in [0.2, 0.25) is 0 Å². The molecule has 21 heavy (non-hydrogen) atoms. The number of rotatable bonds is 5. The third kappa shape index (κ3) is 3.87. The summed E-state index contributed by atoms with van der Waals surface area (Å²) >= 11 is 0. The Labute approximate surface area is 122 Å². The van der Waals surface area contributed by atoms with E-state index < -0.39 is 0 Å². The zero-order valence-corrected chi connectivity index (χ0v) is 11.4. The van der Waals surface area contributed by atoms with Gasteiger partial charge in [0.05, 0.1) is 16.8 Å². The van der Waals surface area contributed by atoms with Crippen LogP contribution in [0.3, 0.4) is 0 Å². The molecule has 0 saturated carbocycles. The predicted octanol–water partition coefficient (Wildman–Crippen LogP) is 1.02. The molecular weight excluding hydrogens is 268 g/mol. The summed E-state index contributed by atoms with van der Waals surface area (Å²) in [6, 6.07) is 10.1. The van der Waals surface area contributed by atoms with Crippen molar-refractivity contribution < 1.29 is 9.59 Å². The lowest BCUT2D eigenvalue weighted by Gasteiger charge is -2.11. The molecule has 0 radical (unpaired) electrons. The second kappa shape index (κ2) is 7.16. The molecule has 2 rings (SSSR count). The predicted molar refractivity (Wildman–Crippen MR) is 80.0 cm³/mol. The molecule has 0 aliphatic carbocycles. The first kappa shape index (κ1) is 14.7. The highest BCUT2D eigenvalue weighted by molar-refractivity contribution is 6.08. The Morgan fingerprint density at radius 3 is 2.62 bits per heavy atom. The van der Waals surface area contributed by atoms with Crippen LogP contribution in [-0.2, 0) is 0 Å². The zero-order chi connectivity index (χ0) is 15.1. The summed E-state index contributed by atoms with van der Waals surface area (Å²) in [6.45, 7) is 0.736. The van der Waals surface area contributed by atoms with Gasteiger partial charge in [-0.05, 0) is 24.3 Å². The average Bonchev–Trinajstić information content (AvgIpc) is 2.54. The van der Waals surface area contributed by atoms with Crippen LogP contribution in [0.5, 0.6) is 0 Å². The number of hydrogen-bond donors (Lipinski definition) is 3. The smallest absolute Gasteiger partial charge is 0.257 e. The van der Waals surface area contributed by atoms with E-state index in [1.165, 1.54) is 6.20 Å². The molecule has 108 valence electrons.